The molecule has 0 spiro atoms. The number of aliphatic carboxylic acids is 1. The summed E-state index contributed by atoms with van der Waals surface area (Å²) in [6, 6.07) is 7.02. The van der Waals surface area contributed by atoms with Crippen LogP contribution in [0.4, 0.5) is 0 Å². The predicted octanol–water partition coefficient (Wildman–Crippen LogP) is 0.918. The standard InChI is InChI=1S/C11H12O4/c12-10(11(13)14)8-3-1-2-7(4-8)9-5-15-6-9/h1-4,9-10,12H,5-6H2,(H,13,14). The molecule has 0 amide bonds. The molecular formula is C11H12O4. The quantitative estimate of drug-likeness (QED) is 0.775. The smallest absolute Gasteiger partial charge is 0.337 e. The van der Waals surface area contributed by atoms with Crippen molar-refractivity contribution in [3.05, 3.63) is 35.4 Å². The second-order valence-corrected chi connectivity index (χ2v) is 3.65. The molecule has 2 rings (SSSR count). The van der Waals surface area contributed by atoms with Crippen LogP contribution in [0.25, 0.3) is 0 Å². The summed E-state index contributed by atoms with van der Waals surface area (Å²) in [7, 11) is 0. The number of carbonyl (C=O) groups is 1. The molecule has 1 aromatic rings. The molecule has 80 valence electrons. The molecule has 0 bridgehead atoms. The van der Waals surface area contributed by atoms with Crippen molar-refractivity contribution < 1.29 is 19.7 Å². The second-order valence-electron chi connectivity index (χ2n) is 3.65. The number of hydrogen-bond acceptors (Lipinski definition) is 3. The summed E-state index contributed by atoms with van der Waals surface area (Å²) in [4.78, 5) is 10.6. The largest absolute Gasteiger partial charge is 0.479 e. The van der Waals surface area contributed by atoms with Gasteiger partial charge in [-0.3, -0.25) is 0 Å². The lowest BCUT2D eigenvalue weighted by Gasteiger charge is -2.26. The molecule has 15 heavy (non-hydrogen) atoms. The molecule has 4 nitrogen and oxygen atoms in total. The average molecular weight is 208 g/mol. The fraction of sp³-hybridized carbons (Fsp3) is 0.364. The third-order valence-electron chi connectivity index (χ3n) is 2.57. The molecule has 1 unspecified atom stereocenters. The number of ether oxygens (including phenoxy) is 1. The SMILES string of the molecule is O=C(O)C(O)c1cccc(C2COC2)c1. The summed E-state index contributed by atoms with van der Waals surface area (Å²) >= 11 is 0. The molecule has 2 N–H and O–H groups in total. The van der Waals surface area contributed by atoms with Crippen molar-refractivity contribution in [2.75, 3.05) is 13.2 Å². The van der Waals surface area contributed by atoms with E-state index in [1.807, 2.05) is 6.07 Å². The number of aliphatic hydroxyl groups excluding tert-OH is 1. The van der Waals surface area contributed by atoms with E-state index in [9.17, 15) is 9.90 Å². The van der Waals surface area contributed by atoms with Crippen LogP contribution in [0.15, 0.2) is 24.3 Å². The molecule has 1 aliphatic heterocycles. The molecule has 1 heterocycles. The zero-order valence-corrected chi connectivity index (χ0v) is 8.09. The first kappa shape index (κ1) is 10.1. The fourth-order valence-electron chi connectivity index (χ4n) is 1.55. The first-order chi connectivity index (χ1) is 7.18. The zero-order chi connectivity index (χ0) is 10.8. The normalized spacial score (nSPS) is 18.2. The Morgan fingerprint density at radius 1 is 1.47 bits per heavy atom. The number of benzene rings is 1. The second kappa shape index (κ2) is 4.00. The van der Waals surface area contributed by atoms with Crippen LogP contribution in [0.3, 0.4) is 0 Å². The maximum Gasteiger partial charge on any atom is 0.337 e. The molecule has 0 aliphatic carbocycles. The summed E-state index contributed by atoms with van der Waals surface area (Å²) in [6.07, 6.45) is -1.44. The zero-order valence-electron chi connectivity index (χ0n) is 8.09. The number of aliphatic hydroxyl groups is 1. The van der Waals surface area contributed by atoms with Crippen LogP contribution in [0, 0.1) is 0 Å². The summed E-state index contributed by atoms with van der Waals surface area (Å²) in [5, 5.41) is 18.0. The summed E-state index contributed by atoms with van der Waals surface area (Å²) < 4.78 is 5.06. The van der Waals surface area contributed by atoms with E-state index >= 15 is 0 Å². The van der Waals surface area contributed by atoms with Crippen LogP contribution in [-0.4, -0.2) is 29.4 Å². The van der Waals surface area contributed by atoms with E-state index in [1.165, 1.54) is 0 Å². The van der Waals surface area contributed by atoms with Gasteiger partial charge in [-0.1, -0.05) is 24.3 Å². The third kappa shape index (κ3) is 2.00. The topological polar surface area (TPSA) is 66.8 Å². The van der Waals surface area contributed by atoms with Crippen molar-refractivity contribution in [2.45, 2.75) is 12.0 Å². The van der Waals surface area contributed by atoms with Crippen molar-refractivity contribution in [3.8, 4) is 0 Å². The van der Waals surface area contributed by atoms with Crippen molar-refractivity contribution in [3.63, 3.8) is 0 Å². The summed E-state index contributed by atoms with van der Waals surface area (Å²) in [5.74, 6) is -0.886. The van der Waals surface area contributed by atoms with E-state index in [2.05, 4.69) is 0 Å². The molecule has 4 heteroatoms. The molecule has 1 saturated heterocycles. The molecule has 1 fully saturated rings. The minimum atomic E-state index is -1.44. The molecule has 1 atom stereocenters. The lowest BCUT2D eigenvalue weighted by molar-refractivity contribution is -0.146. The van der Waals surface area contributed by atoms with Crippen LogP contribution in [0.2, 0.25) is 0 Å². The van der Waals surface area contributed by atoms with E-state index < -0.39 is 12.1 Å². The van der Waals surface area contributed by atoms with Gasteiger partial charge in [-0.05, 0) is 11.1 Å². The van der Waals surface area contributed by atoms with Gasteiger partial charge in [0.2, 0.25) is 0 Å². The summed E-state index contributed by atoms with van der Waals surface area (Å²) in [5.41, 5.74) is 1.45. The first-order valence-electron chi connectivity index (χ1n) is 4.77. The summed E-state index contributed by atoms with van der Waals surface area (Å²) in [6.45, 7) is 1.35. The monoisotopic (exact) mass is 208 g/mol. The Morgan fingerprint density at radius 3 is 2.73 bits per heavy atom. The van der Waals surface area contributed by atoms with E-state index in [0.717, 1.165) is 5.56 Å². The predicted molar refractivity (Wildman–Crippen MR) is 52.6 cm³/mol. The van der Waals surface area contributed by atoms with Gasteiger partial charge < -0.3 is 14.9 Å². The van der Waals surface area contributed by atoms with Crippen molar-refractivity contribution in [2.24, 2.45) is 0 Å². The molecule has 0 aromatic heterocycles. The average Bonchev–Trinajstić information content (AvgIpc) is 2.14. The van der Waals surface area contributed by atoms with Gasteiger partial charge in [0, 0.05) is 5.92 Å². The lowest BCUT2D eigenvalue weighted by Crippen LogP contribution is -2.25. The van der Waals surface area contributed by atoms with E-state index in [0.29, 0.717) is 24.7 Å². The van der Waals surface area contributed by atoms with Crippen LogP contribution in [0.1, 0.15) is 23.1 Å². The number of carboxylic acid groups (broad SMARTS) is 1. The molecule has 1 aromatic carbocycles. The highest BCUT2D eigenvalue weighted by molar-refractivity contribution is 5.74. The third-order valence-corrected chi connectivity index (χ3v) is 2.57. The van der Waals surface area contributed by atoms with Crippen LogP contribution >= 0.6 is 0 Å². The minimum Gasteiger partial charge on any atom is -0.479 e. The highest BCUT2D eigenvalue weighted by Gasteiger charge is 2.22. The van der Waals surface area contributed by atoms with Crippen LogP contribution in [0.5, 0.6) is 0 Å². The van der Waals surface area contributed by atoms with Crippen LogP contribution < -0.4 is 0 Å². The fourth-order valence-corrected chi connectivity index (χ4v) is 1.55. The van der Waals surface area contributed by atoms with Crippen molar-refractivity contribution in [1.82, 2.24) is 0 Å². The van der Waals surface area contributed by atoms with E-state index in [-0.39, 0.29) is 0 Å². The molecule has 1 aliphatic rings. The highest BCUT2D eigenvalue weighted by atomic mass is 16.5. The Bertz CT molecular complexity index is 371. The maximum atomic E-state index is 10.6. The van der Waals surface area contributed by atoms with E-state index in [4.69, 9.17) is 9.84 Å². The number of carboxylic acids is 1. The Hall–Kier alpha value is -1.39. The molecule has 0 saturated carbocycles. The van der Waals surface area contributed by atoms with Gasteiger partial charge in [0.05, 0.1) is 13.2 Å². The Balaban J connectivity index is 2.21. The Labute approximate surface area is 87.1 Å². The maximum absolute atomic E-state index is 10.6. The van der Waals surface area contributed by atoms with Crippen molar-refractivity contribution >= 4 is 5.97 Å². The van der Waals surface area contributed by atoms with E-state index in [1.54, 1.807) is 18.2 Å². The minimum absolute atomic E-state index is 0.339. The van der Waals surface area contributed by atoms with Crippen molar-refractivity contribution in [1.29, 1.82) is 0 Å². The molecule has 0 radical (unpaired) electrons. The van der Waals surface area contributed by atoms with Gasteiger partial charge in [0.1, 0.15) is 0 Å². The lowest BCUT2D eigenvalue weighted by atomic mass is 9.95. The van der Waals surface area contributed by atoms with Gasteiger partial charge >= 0.3 is 5.97 Å². The van der Waals surface area contributed by atoms with Crippen LogP contribution in [-0.2, 0) is 9.53 Å². The van der Waals surface area contributed by atoms with Gasteiger partial charge in [-0.2, -0.15) is 0 Å². The van der Waals surface area contributed by atoms with Gasteiger partial charge in [-0.15, -0.1) is 0 Å². The van der Waals surface area contributed by atoms with Gasteiger partial charge in [-0.25, -0.2) is 4.79 Å². The Morgan fingerprint density at radius 2 is 2.20 bits per heavy atom. The molecular weight excluding hydrogens is 196 g/mol. The van der Waals surface area contributed by atoms with Gasteiger partial charge in [0.25, 0.3) is 0 Å². The van der Waals surface area contributed by atoms with Gasteiger partial charge in [0.15, 0.2) is 6.10 Å². The highest BCUT2D eigenvalue weighted by Crippen LogP contribution is 2.26. The first-order valence-corrected chi connectivity index (χ1v) is 4.77. The Kier molecular flexibility index (Phi) is 2.70. The number of hydrogen-bond donors (Lipinski definition) is 2. The number of rotatable bonds is 3.